The van der Waals surface area contributed by atoms with Crippen LogP contribution in [0.3, 0.4) is 0 Å². The number of rotatable bonds is 4. The topological polar surface area (TPSA) is 21.3 Å². The first kappa shape index (κ1) is 11.9. The predicted octanol–water partition coefficient (Wildman–Crippen LogP) is 4.07. The van der Waals surface area contributed by atoms with Gasteiger partial charge < -0.3 is 10.1 Å². The van der Waals surface area contributed by atoms with E-state index >= 15 is 0 Å². The molecule has 1 atom stereocenters. The third kappa shape index (κ3) is 2.77. The molecule has 0 saturated carbocycles. The first-order chi connectivity index (χ1) is 8.20. The van der Waals surface area contributed by atoms with E-state index in [2.05, 4.69) is 18.3 Å². The molecule has 17 heavy (non-hydrogen) atoms. The van der Waals surface area contributed by atoms with Gasteiger partial charge in [-0.2, -0.15) is 0 Å². The number of hydrogen-bond donors (Lipinski definition) is 1. The zero-order valence-electron chi connectivity index (χ0n) is 9.74. The summed E-state index contributed by atoms with van der Waals surface area (Å²) < 4.78 is 18.2. The van der Waals surface area contributed by atoms with Crippen molar-refractivity contribution >= 4 is 17.0 Å². The van der Waals surface area contributed by atoms with Crippen LogP contribution in [-0.2, 0) is 0 Å². The molecule has 1 unspecified atom stereocenters. The average molecular weight is 251 g/mol. The highest BCUT2D eigenvalue weighted by Crippen LogP contribution is 2.26. The summed E-state index contributed by atoms with van der Waals surface area (Å²) in [5, 5.41) is 5.35. The van der Waals surface area contributed by atoms with Gasteiger partial charge >= 0.3 is 0 Å². The van der Waals surface area contributed by atoms with Gasteiger partial charge in [0, 0.05) is 16.6 Å². The van der Waals surface area contributed by atoms with Gasteiger partial charge in [0.15, 0.2) is 11.6 Å². The quantitative estimate of drug-likeness (QED) is 0.884. The van der Waals surface area contributed by atoms with Gasteiger partial charge in [0.1, 0.15) is 0 Å². The molecule has 0 bridgehead atoms. The van der Waals surface area contributed by atoms with Crippen LogP contribution in [0.2, 0.25) is 0 Å². The van der Waals surface area contributed by atoms with Crippen LogP contribution >= 0.6 is 11.3 Å². The molecular weight excluding hydrogens is 237 g/mol. The Bertz CT molecular complexity index is 484. The van der Waals surface area contributed by atoms with E-state index in [9.17, 15) is 4.39 Å². The van der Waals surface area contributed by atoms with Crippen molar-refractivity contribution in [3.63, 3.8) is 0 Å². The predicted molar refractivity (Wildman–Crippen MR) is 69.3 cm³/mol. The zero-order chi connectivity index (χ0) is 12.3. The van der Waals surface area contributed by atoms with Crippen LogP contribution in [0.25, 0.3) is 0 Å². The van der Waals surface area contributed by atoms with Crippen LogP contribution in [0.1, 0.15) is 17.8 Å². The number of hydrogen-bond acceptors (Lipinski definition) is 3. The summed E-state index contributed by atoms with van der Waals surface area (Å²) in [6.07, 6.45) is 0. The largest absolute Gasteiger partial charge is 0.494 e. The van der Waals surface area contributed by atoms with Crippen LogP contribution in [0.5, 0.6) is 5.75 Å². The summed E-state index contributed by atoms with van der Waals surface area (Å²) in [6.45, 7) is 2.07. The maximum Gasteiger partial charge on any atom is 0.165 e. The summed E-state index contributed by atoms with van der Waals surface area (Å²) >= 11 is 1.70. The fraction of sp³-hybridized carbons (Fsp3) is 0.231. The van der Waals surface area contributed by atoms with Gasteiger partial charge in [-0.05, 0) is 30.5 Å². The molecule has 0 spiro atoms. The van der Waals surface area contributed by atoms with E-state index in [1.54, 1.807) is 23.5 Å². The Kier molecular flexibility index (Phi) is 3.64. The number of nitrogens with one attached hydrogen (secondary N) is 1. The summed E-state index contributed by atoms with van der Waals surface area (Å²) in [6, 6.07) is 9.07. The highest BCUT2D eigenvalue weighted by molar-refractivity contribution is 7.10. The average Bonchev–Trinajstić information content (AvgIpc) is 2.85. The lowest BCUT2D eigenvalue weighted by molar-refractivity contribution is 0.387. The Morgan fingerprint density at radius 2 is 2.18 bits per heavy atom. The summed E-state index contributed by atoms with van der Waals surface area (Å²) in [4.78, 5) is 1.24. The molecule has 1 heterocycles. The Morgan fingerprint density at radius 3 is 2.82 bits per heavy atom. The van der Waals surface area contributed by atoms with Gasteiger partial charge in [0.05, 0.1) is 13.2 Å². The first-order valence-corrected chi connectivity index (χ1v) is 6.22. The summed E-state index contributed by atoms with van der Waals surface area (Å²) in [5.41, 5.74) is 0.851. The van der Waals surface area contributed by atoms with Crippen LogP contribution in [-0.4, -0.2) is 7.11 Å². The minimum absolute atomic E-state index is 0.199. The van der Waals surface area contributed by atoms with E-state index in [4.69, 9.17) is 4.74 Å². The Hall–Kier alpha value is -1.55. The van der Waals surface area contributed by atoms with Gasteiger partial charge in [0.25, 0.3) is 0 Å². The normalized spacial score (nSPS) is 12.2. The van der Waals surface area contributed by atoms with Crippen molar-refractivity contribution in [2.75, 3.05) is 12.4 Å². The molecule has 0 aliphatic rings. The molecule has 0 aliphatic carbocycles. The summed E-state index contributed by atoms with van der Waals surface area (Å²) in [7, 11) is 1.46. The second-order valence-corrected chi connectivity index (χ2v) is 4.71. The van der Waals surface area contributed by atoms with Crippen molar-refractivity contribution in [2.24, 2.45) is 0 Å². The minimum atomic E-state index is -0.346. The van der Waals surface area contributed by atoms with Crippen molar-refractivity contribution in [3.8, 4) is 5.75 Å². The molecule has 1 aromatic carbocycles. The maximum absolute atomic E-state index is 13.2. The fourth-order valence-corrected chi connectivity index (χ4v) is 2.34. The Labute approximate surface area is 104 Å². The molecular formula is C13H14FNOS. The number of thiophene rings is 1. The number of ether oxygens (including phenoxy) is 1. The van der Waals surface area contributed by atoms with Crippen molar-refractivity contribution in [2.45, 2.75) is 13.0 Å². The van der Waals surface area contributed by atoms with Crippen molar-refractivity contribution in [3.05, 3.63) is 46.4 Å². The van der Waals surface area contributed by atoms with Gasteiger partial charge in [-0.3, -0.25) is 0 Å². The second-order valence-electron chi connectivity index (χ2n) is 3.73. The molecule has 0 amide bonds. The molecule has 0 fully saturated rings. The van der Waals surface area contributed by atoms with Crippen molar-refractivity contribution < 1.29 is 9.13 Å². The molecule has 0 radical (unpaired) electrons. The van der Waals surface area contributed by atoms with Crippen molar-refractivity contribution in [1.29, 1.82) is 0 Å². The SMILES string of the molecule is COc1cc(NC(C)c2cccs2)ccc1F. The molecule has 1 aromatic heterocycles. The van der Waals surface area contributed by atoms with Crippen LogP contribution in [0, 0.1) is 5.82 Å². The van der Waals surface area contributed by atoms with Gasteiger partial charge in [-0.25, -0.2) is 4.39 Å². The highest BCUT2D eigenvalue weighted by Gasteiger charge is 2.08. The molecule has 2 nitrogen and oxygen atoms in total. The van der Waals surface area contributed by atoms with Gasteiger partial charge in [0.2, 0.25) is 0 Å². The second kappa shape index (κ2) is 5.19. The smallest absolute Gasteiger partial charge is 0.165 e. The Morgan fingerprint density at radius 1 is 1.35 bits per heavy atom. The van der Waals surface area contributed by atoms with Crippen LogP contribution < -0.4 is 10.1 Å². The number of methoxy groups -OCH3 is 1. The van der Waals surface area contributed by atoms with Gasteiger partial charge in [-0.1, -0.05) is 6.07 Å². The molecule has 1 N–H and O–H groups in total. The van der Waals surface area contributed by atoms with E-state index in [-0.39, 0.29) is 17.6 Å². The fourth-order valence-electron chi connectivity index (χ4n) is 1.61. The lowest BCUT2D eigenvalue weighted by atomic mass is 10.2. The van der Waals surface area contributed by atoms with E-state index in [1.807, 2.05) is 11.4 Å². The van der Waals surface area contributed by atoms with Crippen molar-refractivity contribution in [1.82, 2.24) is 0 Å². The lowest BCUT2D eigenvalue weighted by Gasteiger charge is -2.14. The third-order valence-corrected chi connectivity index (χ3v) is 3.56. The monoisotopic (exact) mass is 251 g/mol. The molecule has 0 aliphatic heterocycles. The standard InChI is InChI=1S/C13H14FNOS/c1-9(13-4-3-7-17-13)15-10-5-6-11(14)12(8-10)16-2/h3-9,15H,1-2H3. The lowest BCUT2D eigenvalue weighted by Crippen LogP contribution is -2.05. The molecule has 90 valence electrons. The summed E-state index contributed by atoms with van der Waals surface area (Å²) in [5.74, 6) is -0.0878. The molecule has 2 rings (SSSR count). The van der Waals surface area contributed by atoms with E-state index in [0.29, 0.717) is 0 Å². The minimum Gasteiger partial charge on any atom is -0.494 e. The molecule has 4 heteroatoms. The number of benzene rings is 1. The molecule has 0 saturated heterocycles. The molecule has 2 aromatic rings. The van der Waals surface area contributed by atoms with E-state index in [0.717, 1.165) is 5.69 Å². The zero-order valence-corrected chi connectivity index (χ0v) is 10.6. The number of anilines is 1. The number of halogens is 1. The highest BCUT2D eigenvalue weighted by atomic mass is 32.1. The third-order valence-electron chi connectivity index (χ3n) is 2.50. The van der Waals surface area contributed by atoms with Gasteiger partial charge in [-0.15, -0.1) is 11.3 Å². The maximum atomic E-state index is 13.2. The van der Waals surface area contributed by atoms with Crippen LogP contribution in [0.4, 0.5) is 10.1 Å². The van der Waals surface area contributed by atoms with E-state index < -0.39 is 0 Å². The Balaban J connectivity index is 2.13. The van der Waals surface area contributed by atoms with Crippen LogP contribution in [0.15, 0.2) is 35.7 Å². The van der Waals surface area contributed by atoms with E-state index in [1.165, 1.54) is 18.1 Å². The first-order valence-electron chi connectivity index (χ1n) is 5.34.